The van der Waals surface area contributed by atoms with Crippen molar-refractivity contribution in [1.82, 2.24) is 0 Å². The number of ether oxygens (including phenoxy) is 1. The molecule has 0 spiro atoms. The Balaban J connectivity index is 3.14. The van der Waals surface area contributed by atoms with Gasteiger partial charge in [0.15, 0.2) is 0 Å². The van der Waals surface area contributed by atoms with Crippen molar-refractivity contribution in [2.24, 2.45) is 5.11 Å². The van der Waals surface area contributed by atoms with Crippen molar-refractivity contribution in [1.29, 1.82) is 0 Å². The van der Waals surface area contributed by atoms with Gasteiger partial charge in [-0.25, -0.2) is 0 Å². The Hall–Kier alpha value is -2.63. The predicted octanol–water partition coefficient (Wildman–Crippen LogP) is 2.21. The van der Waals surface area contributed by atoms with Gasteiger partial charge in [0.05, 0.1) is 6.61 Å². The molecule has 0 aliphatic carbocycles. The Bertz CT molecular complexity index is 589. The third kappa shape index (κ3) is 4.56. The number of azide groups is 1. The third-order valence-corrected chi connectivity index (χ3v) is 2.34. The van der Waals surface area contributed by atoms with E-state index in [9.17, 15) is 9.59 Å². The number of carbonyl (C=O) groups is 2. The molecule has 7 heteroatoms. The second-order valence-corrected chi connectivity index (χ2v) is 3.78. The summed E-state index contributed by atoms with van der Waals surface area (Å²) in [5.41, 5.74) is 9.61. The molecule has 1 amide bonds. The fourth-order valence-corrected chi connectivity index (χ4v) is 1.51. The molecule has 0 atom stereocenters. The lowest BCUT2D eigenvalue weighted by molar-refractivity contribution is -0.142. The lowest BCUT2D eigenvalue weighted by atomic mass is 10.0. The van der Waals surface area contributed by atoms with Gasteiger partial charge in [-0.3, -0.25) is 9.59 Å². The maximum absolute atomic E-state index is 11.6. The molecule has 0 bridgehead atoms. The minimum absolute atomic E-state index is 0.0990. The molecule has 0 unspecified atom stereocenters. The van der Waals surface area contributed by atoms with Crippen molar-refractivity contribution >= 4 is 18.0 Å². The van der Waals surface area contributed by atoms with E-state index in [-0.39, 0.29) is 18.8 Å². The first kappa shape index (κ1) is 15.4. The summed E-state index contributed by atoms with van der Waals surface area (Å²) in [4.78, 5) is 24.9. The van der Waals surface area contributed by atoms with Crippen LogP contribution in [0.15, 0.2) is 29.4 Å². The van der Waals surface area contributed by atoms with E-state index in [1.807, 2.05) is 0 Å². The summed E-state index contributed by atoms with van der Waals surface area (Å²) in [6, 6.07) is 4.73. The first-order valence-corrected chi connectivity index (χ1v) is 5.71. The van der Waals surface area contributed by atoms with Crippen molar-refractivity contribution < 1.29 is 19.4 Å². The zero-order valence-corrected chi connectivity index (χ0v) is 10.8. The highest BCUT2D eigenvalue weighted by Gasteiger charge is 2.11. The molecule has 0 saturated carbocycles. The molecule has 0 fully saturated rings. The Labute approximate surface area is 115 Å². The van der Waals surface area contributed by atoms with Crippen LogP contribution in [0.1, 0.15) is 28.4 Å². The van der Waals surface area contributed by atoms with Crippen molar-refractivity contribution in [2.45, 2.75) is 13.5 Å². The van der Waals surface area contributed by atoms with Crippen molar-refractivity contribution in [3.05, 3.63) is 51.4 Å². The van der Waals surface area contributed by atoms with Crippen LogP contribution in [-0.2, 0) is 16.1 Å². The van der Waals surface area contributed by atoms with E-state index in [0.29, 0.717) is 5.56 Å². The summed E-state index contributed by atoms with van der Waals surface area (Å²) in [5.74, 6) is -1.23. The van der Waals surface area contributed by atoms with Gasteiger partial charge in [0.2, 0.25) is 5.91 Å². The second-order valence-electron chi connectivity index (χ2n) is 3.78. The van der Waals surface area contributed by atoms with Gasteiger partial charge in [0, 0.05) is 23.0 Å². The second kappa shape index (κ2) is 7.73. The van der Waals surface area contributed by atoms with Crippen LogP contribution in [-0.4, -0.2) is 23.6 Å². The van der Waals surface area contributed by atoms with Crippen LogP contribution in [0.3, 0.4) is 0 Å². The molecule has 0 aliphatic heterocycles. The minimum Gasteiger partial charge on any atom is -0.461 e. The number of amides is 1. The fraction of sp³-hybridized carbons (Fsp3) is 0.231. The van der Waals surface area contributed by atoms with E-state index in [2.05, 4.69) is 10.0 Å². The Morgan fingerprint density at radius 3 is 2.85 bits per heavy atom. The highest BCUT2D eigenvalue weighted by molar-refractivity contribution is 5.96. The first-order valence-electron chi connectivity index (χ1n) is 5.71. The van der Waals surface area contributed by atoms with E-state index >= 15 is 0 Å². The monoisotopic (exact) mass is 275 g/mol. The van der Waals surface area contributed by atoms with Crippen molar-refractivity contribution in [2.75, 3.05) is 6.61 Å². The molecule has 0 saturated heterocycles. The molecule has 104 valence electrons. The van der Waals surface area contributed by atoms with Crippen molar-refractivity contribution in [3.8, 4) is 0 Å². The highest BCUT2D eigenvalue weighted by atomic mass is 16.5. The number of esters is 1. The van der Waals surface area contributed by atoms with Gasteiger partial charge in [-0.05, 0) is 22.3 Å². The van der Waals surface area contributed by atoms with Crippen LogP contribution in [0.5, 0.6) is 0 Å². The normalized spacial score (nSPS) is 10.1. The molecule has 1 N–H and O–H groups in total. The number of carbonyl (C=O) groups excluding carboxylic acids is 2. The van der Waals surface area contributed by atoms with Crippen LogP contribution in [0.2, 0.25) is 0 Å². The molecule has 0 heterocycles. The summed E-state index contributed by atoms with van der Waals surface area (Å²) in [6.45, 7) is 1.04. The topological polar surface area (TPSA) is 112 Å². The number of aliphatic hydroxyl groups is 1. The number of hydrogen-bond acceptors (Lipinski definition) is 4. The molecular weight excluding hydrogens is 262 g/mol. The quantitative estimate of drug-likeness (QED) is 0.384. The van der Waals surface area contributed by atoms with Crippen LogP contribution in [0, 0.1) is 0 Å². The van der Waals surface area contributed by atoms with E-state index < -0.39 is 11.9 Å². The molecule has 1 aromatic rings. The van der Waals surface area contributed by atoms with Crippen LogP contribution < -0.4 is 0 Å². The van der Waals surface area contributed by atoms with Crippen LogP contribution in [0.4, 0.5) is 0 Å². The Kier molecular flexibility index (Phi) is 5.96. The van der Waals surface area contributed by atoms with Crippen LogP contribution in [0.25, 0.3) is 16.5 Å². The lowest BCUT2D eigenvalue weighted by Gasteiger charge is -2.08. The van der Waals surface area contributed by atoms with Gasteiger partial charge in [-0.2, -0.15) is 0 Å². The number of rotatable bonds is 5. The average Bonchev–Trinajstić information content (AvgIpc) is 2.43. The summed E-state index contributed by atoms with van der Waals surface area (Å²) < 4.78 is 4.86. The van der Waals surface area contributed by atoms with Gasteiger partial charge in [0.25, 0.3) is 0 Å². The molecule has 20 heavy (non-hydrogen) atoms. The van der Waals surface area contributed by atoms with Gasteiger partial charge in [-0.15, -0.1) is 0 Å². The maximum atomic E-state index is 11.6. The van der Waals surface area contributed by atoms with E-state index in [1.54, 1.807) is 18.2 Å². The van der Waals surface area contributed by atoms with E-state index in [1.165, 1.54) is 19.1 Å². The fourth-order valence-electron chi connectivity index (χ4n) is 1.51. The van der Waals surface area contributed by atoms with Gasteiger partial charge >= 0.3 is 5.97 Å². The standard InChI is InChI=1S/C13H13N3O4/c1-9(18)20-8-11-7-10(3-2-6-17)4-5-12(11)13(19)15-16-14/h2-5,7,17H,6,8H2,1H3/b3-2+. The largest absolute Gasteiger partial charge is 0.461 e. The minimum atomic E-state index is -0.743. The zero-order chi connectivity index (χ0) is 15.0. The molecule has 0 aliphatic rings. The summed E-state index contributed by atoms with van der Waals surface area (Å²) in [6.07, 6.45) is 3.18. The summed E-state index contributed by atoms with van der Waals surface area (Å²) in [7, 11) is 0. The molecular formula is C13H13N3O4. The predicted molar refractivity (Wildman–Crippen MR) is 71.5 cm³/mol. The molecule has 0 radical (unpaired) electrons. The van der Waals surface area contributed by atoms with Crippen molar-refractivity contribution in [3.63, 3.8) is 0 Å². The van der Waals surface area contributed by atoms with Gasteiger partial charge in [-0.1, -0.05) is 24.3 Å². The third-order valence-electron chi connectivity index (χ3n) is 2.34. The average molecular weight is 275 g/mol. The van der Waals surface area contributed by atoms with Gasteiger partial charge < -0.3 is 9.84 Å². The summed E-state index contributed by atoms with van der Waals surface area (Å²) in [5, 5.41) is 11.7. The zero-order valence-electron chi connectivity index (χ0n) is 10.8. The van der Waals surface area contributed by atoms with E-state index in [4.69, 9.17) is 15.4 Å². The highest BCUT2D eigenvalue weighted by Crippen LogP contribution is 2.16. The summed E-state index contributed by atoms with van der Waals surface area (Å²) >= 11 is 0. The number of hydrogen-bond donors (Lipinski definition) is 1. The molecule has 1 rings (SSSR count). The number of nitrogens with zero attached hydrogens (tertiary/aromatic N) is 3. The Morgan fingerprint density at radius 1 is 1.50 bits per heavy atom. The van der Waals surface area contributed by atoms with Gasteiger partial charge in [0.1, 0.15) is 6.61 Å². The van der Waals surface area contributed by atoms with E-state index in [0.717, 1.165) is 5.56 Å². The number of benzene rings is 1. The smallest absolute Gasteiger partial charge is 0.302 e. The SMILES string of the molecule is CC(=O)OCc1cc(/C=C/CO)ccc1C(=O)N=[N+]=[N-]. The first-order chi connectivity index (χ1) is 9.58. The Morgan fingerprint density at radius 2 is 2.25 bits per heavy atom. The molecule has 7 nitrogen and oxygen atoms in total. The maximum Gasteiger partial charge on any atom is 0.302 e. The number of aliphatic hydroxyl groups excluding tert-OH is 1. The molecule has 0 aromatic heterocycles. The lowest BCUT2D eigenvalue weighted by Crippen LogP contribution is -2.05. The van der Waals surface area contributed by atoms with Crippen LogP contribution >= 0.6 is 0 Å². The molecule has 1 aromatic carbocycles.